The molecule has 0 radical (unpaired) electrons. The first kappa shape index (κ1) is 6.88. The van der Waals surface area contributed by atoms with Crippen LogP contribution >= 0.6 is 0 Å². The van der Waals surface area contributed by atoms with Crippen molar-refractivity contribution in [3.8, 4) is 0 Å². The summed E-state index contributed by atoms with van der Waals surface area (Å²) in [6.45, 7) is 3.69. The van der Waals surface area contributed by atoms with E-state index in [0.29, 0.717) is 0 Å². The normalized spacial score (nSPS) is 10.3. The van der Waals surface area contributed by atoms with Crippen molar-refractivity contribution >= 4 is 0 Å². The first-order chi connectivity index (χ1) is 3.27. The van der Waals surface area contributed by atoms with Gasteiger partial charge in [0.15, 0.2) is 0 Å². The topological polar surface area (TPSA) is 27.7 Å². The Balaban J connectivity index is 2.68. The van der Waals surface area contributed by atoms with Crippen LogP contribution in [0.15, 0.2) is 0 Å². The van der Waals surface area contributed by atoms with Gasteiger partial charge in [-0.05, 0) is 13.8 Å². The van der Waals surface area contributed by atoms with E-state index in [4.69, 9.17) is 0 Å². The molecule has 3 heteroatoms. The van der Waals surface area contributed by atoms with Gasteiger partial charge in [-0.3, -0.25) is 0 Å². The Hall–Kier alpha value is -0.120. The fourth-order valence-electron chi connectivity index (χ4n) is 0.118. The van der Waals surface area contributed by atoms with Crippen LogP contribution in [0.3, 0.4) is 0 Å². The molecule has 44 valence electrons. The Morgan fingerprint density at radius 1 is 1.29 bits per heavy atom. The van der Waals surface area contributed by atoms with E-state index in [1.807, 2.05) is 13.8 Å². The molecule has 0 spiro atoms. The Labute approximate surface area is 43.0 Å². The van der Waals surface area contributed by atoms with Gasteiger partial charge in [-0.2, -0.15) is 0 Å². The van der Waals surface area contributed by atoms with Gasteiger partial charge in [0.2, 0.25) is 0 Å². The third-order valence-corrected chi connectivity index (χ3v) is 0.300. The van der Waals surface area contributed by atoms with Crippen molar-refractivity contribution in [2.75, 3.05) is 7.11 Å². The smallest absolute Gasteiger partial charge is 0.0905 e. The maximum Gasteiger partial charge on any atom is 0.0905 e. The number of hydrogen-bond acceptors (Lipinski definition) is 3. The highest BCUT2D eigenvalue weighted by Crippen LogP contribution is 1.86. The summed E-state index contributed by atoms with van der Waals surface area (Å²) in [5, 5.41) is 4.09. The zero-order valence-electron chi connectivity index (χ0n) is 4.80. The van der Waals surface area contributed by atoms with Crippen molar-refractivity contribution in [2.24, 2.45) is 0 Å². The van der Waals surface area contributed by atoms with Gasteiger partial charge in [0.25, 0.3) is 0 Å². The van der Waals surface area contributed by atoms with Crippen molar-refractivity contribution < 1.29 is 14.8 Å². The first-order valence-electron chi connectivity index (χ1n) is 2.13. The summed E-state index contributed by atoms with van der Waals surface area (Å²) in [6, 6.07) is 0. The number of hydrogen-bond donors (Lipinski definition) is 0. The summed E-state index contributed by atoms with van der Waals surface area (Å²) < 4.78 is 0. The molecule has 0 rings (SSSR count). The van der Waals surface area contributed by atoms with Gasteiger partial charge in [0.1, 0.15) is 0 Å². The molecule has 0 aliphatic rings. The third kappa shape index (κ3) is 5.88. The predicted molar refractivity (Wildman–Crippen MR) is 24.3 cm³/mol. The second-order valence-corrected chi connectivity index (χ2v) is 1.38. The van der Waals surface area contributed by atoms with Crippen LogP contribution < -0.4 is 0 Å². The van der Waals surface area contributed by atoms with Gasteiger partial charge in [-0.15, -0.1) is 0 Å². The quantitative estimate of drug-likeness (QED) is 0.395. The summed E-state index contributed by atoms with van der Waals surface area (Å²) >= 11 is 0. The zero-order chi connectivity index (χ0) is 5.70. The average molecular weight is 106 g/mol. The summed E-state index contributed by atoms with van der Waals surface area (Å²) in [4.78, 5) is 8.60. The van der Waals surface area contributed by atoms with E-state index in [2.05, 4.69) is 14.8 Å². The second-order valence-electron chi connectivity index (χ2n) is 1.38. The highest BCUT2D eigenvalue weighted by atomic mass is 17.5. The Morgan fingerprint density at radius 3 is 2.00 bits per heavy atom. The Kier molecular flexibility index (Phi) is 3.98. The standard InChI is InChI=1S/C4H10O3/c1-4(2)6-7-5-3/h4H,1-3H3. The molecular formula is C4H10O3. The van der Waals surface area contributed by atoms with Crippen LogP contribution in [-0.2, 0) is 14.8 Å². The molecule has 0 N–H and O–H groups in total. The van der Waals surface area contributed by atoms with Crippen molar-refractivity contribution in [2.45, 2.75) is 20.0 Å². The largest absolute Gasteiger partial charge is 0.210 e. The van der Waals surface area contributed by atoms with E-state index < -0.39 is 0 Å². The van der Waals surface area contributed by atoms with Crippen LogP contribution in [0.2, 0.25) is 0 Å². The van der Waals surface area contributed by atoms with Gasteiger partial charge < -0.3 is 0 Å². The van der Waals surface area contributed by atoms with E-state index >= 15 is 0 Å². The van der Waals surface area contributed by atoms with Crippen molar-refractivity contribution in [1.82, 2.24) is 0 Å². The zero-order valence-corrected chi connectivity index (χ0v) is 4.80. The van der Waals surface area contributed by atoms with Gasteiger partial charge in [-0.25, -0.2) is 9.78 Å². The van der Waals surface area contributed by atoms with Gasteiger partial charge in [0, 0.05) is 0 Å². The van der Waals surface area contributed by atoms with Gasteiger partial charge in [0.05, 0.1) is 13.2 Å². The summed E-state index contributed by atoms with van der Waals surface area (Å²) in [6.07, 6.45) is 0.0555. The van der Waals surface area contributed by atoms with E-state index in [1.54, 1.807) is 0 Å². The average Bonchev–Trinajstić information content (AvgIpc) is 1.61. The lowest BCUT2D eigenvalue weighted by Crippen LogP contribution is -2.01. The lowest BCUT2D eigenvalue weighted by molar-refractivity contribution is -0.513. The highest BCUT2D eigenvalue weighted by Gasteiger charge is 1.89. The maximum atomic E-state index is 4.47. The molecule has 0 saturated carbocycles. The van der Waals surface area contributed by atoms with Crippen LogP contribution in [0.25, 0.3) is 0 Å². The maximum absolute atomic E-state index is 4.47. The minimum Gasteiger partial charge on any atom is -0.210 e. The van der Waals surface area contributed by atoms with E-state index in [-0.39, 0.29) is 6.10 Å². The first-order valence-corrected chi connectivity index (χ1v) is 2.13. The minimum absolute atomic E-state index is 0.0555. The van der Waals surface area contributed by atoms with Crippen molar-refractivity contribution in [1.29, 1.82) is 0 Å². The van der Waals surface area contributed by atoms with Gasteiger partial charge in [-0.1, -0.05) is 5.04 Å². The number of rotatable bonds is 3. The molecule has 0 aromatic rings. The SMILES string of the molecule is COOOC(C)C. The minimum atomic E-state index is 0.0555. The van der Waals surface area contributed by atoms with E-state index in [9.17, 15) is 0 Å². The van der Waals surface area contributed by atoms with Gasteiger partial charge >= 0.3 is 0 Å². The lowest BCUT2D eigenvalue weighted by Gasteiger charge is -2.00. The fourth-order valence-corrected chi connectivity index (χ4v) is 0.118. The molecule has 0 amide bonds. The lowest BCUT2D eigenvalue weighted by atomic mass is 10.5. The monoisotopic (exact) mass is 106 g/mol. The van der Waals surface area contributed by atoms with Crippen LogP contribution in [0, 0.1) is 0 Å². The van der Waals surface area contributed by atoms with Crippen LogP contribution in [0.4, 0.5) is 0 Å². The molecule has 0 fully saturated rings. The van der Waals surface area contributed by atoms with E-state index in [1.165, 1.54) is 7.11 Å². The third-order valence-electron chi connectivity index (χ3n) is 0.300. The molecule has 0 saturated heterocycles. The fraction of sp³-hybridized carbons (Fsp3) is 1.00. The van der Waals surface area contributed by atoms with Crippen LogP contribution in [0.5, 0.6) is 0 Å². The summed E-state index contributed by atoms with van der Waals surface area (Å²) in [7, 11) is 1.39. The molecule has 0 aliphatic carbocycles. The Morgan fingerprint density at radius 2 is 1.86 bits per heavy atom. The van der Waals surface area contributed by atoms with Crippen molar-refractivity contribution in [3.05, 3.63) is 0 Å². The van der Waals surface area contributed by atoms with E-state index in [0.717, 1.165) is 0 Å². The summed E-state index contributed by atoms with van der Waals surface area (Å²) in [5.41, 5.74) is 0. The molecule has 0 aliphatic heterocycles. The molecular weight excluding hydrogens is 96.0 g/mol. The van der Waals surface area contributed by atoms with Crippen LogP contribution in [-0.4, -0.2) is 13.2 Å². The van der Waals surface area contributed by atoms with Crippen LogP contribution in [0.1, 0.15) is 13.8 Å². The second kappa shape index (κ2) is 4.05. The molecule has 7 heavy (non-hydrogen) atoms. The molecule has 3 nitrogen and oxygen atoms in total. The predicted octanol–water partition coefficient (Wildman–Crippen LogP) is 0.904. The van der Waals surface area contributed by atoms with Crippen molar-refractivity contribution in [3.63, 3.8) is 0 Å². The summed E-state index contributed by atoms with van der Waals surface area (Å²) in [5.74, 6) is 0. The molecule has 0 aromatic carbocycles. The molecule has 0 unspecified atom stereocenters. The Bertz CT molecular complexity index is 35.9. The molecule has 0 heterocycles. The molecule has 0 bridgehead atoms. The molecule has 0 aromatic heterocycles. The highest BCUT2D eigenvalue weighted by molar-refractivity contribution is 4.24. The molecule has 0 atom stereocenters.